The molecule has 1 aliphatic rings. The Balaban J connectivity index is 1.66. The molecular formula is C13H22N4O3. The minimum Gasteiger partial charge on any atom is -0.466 e. The number of hydrogen-bond acceptors (Lipinski definition) is 7. The zero-order valence-electron chi connectivity index (χ0n) is 12.2. The molecule has 0 aliphatic carbocycles. The van der Waals surface area contributed by atoms with E-state index in [0.29, 0.717) is 31.3 Å². The van der Waals surface area contributed by atoms with Crippen LogP contribution in [0.1, 0.15) is 25.1 Å². The topological polar surface area (TPSA) is 71.7 Å². The lowest BCUT2D eigenvalue weighted by atomic mass is 10.3. The van der Waals surface area contributed by atoms with E-state index in [4.69, 9.17) is 9.26 Å². The van der Waals surface area contributed by atoms with Crippen molar-refractivity contribution in [2.24, 2.45) is 0 Å². The molecular weight excluding hydrogens is 260 g/mol. The molecule has 0 atom stereocenters. The van der Waals surface area contributed by atoms with Gasteiger partial charge in [-0.3, -0.25) is 9.69 Å². The maximum atomic E-state index is 11.3. The largest absolute Gasteiger partial charge is 0.466 e. The highest BCUT2D eigenvalue weighted by molar-refractivity contribution is 5.69. The molecule has 0 bridgehead atoms. The summed E-state index contributed by atoms with van der Waals surface area (Å²) in [6.07, 6.45) is 0.469. The van der Waals surface area contributed by atoms with Crippen LogP contribution < -0.4 is 0 Å². The van der Waals surface area contributed by atoms with Crippen LogP contribution in [0.5, 0.6) is 0 Å². The maximum absolute atomic E-state index is 11.3. The molecule has 20 heavy (non-hydrogen) atoms. The average Bonchev–Trinajstić information content (AvgIpc) is 2.84. The van der Waals surface area contributed by atoms with E-state index in [1.807, 2.05) is 13.8 Å². The van der Waals surface area contributed by atoms with Gasteiger partial charge in [0.05, 0.1) is 19.6 Å². The quantitative estimate of drug-likeness (QED) is 0.701. The van der Waals surface area contributed by atoms with E-state index in [1.165, 1.54) is 0 Å². The number of nitrogens with zero attached hydrogens (tertiary/aromatic N) is 4. The van der Waals surface area contributed by atoms with Crippen molar-refractivity contribution in [3.63, 3.8) is 0 Å². The van der Waals surface area contributed by atoms with Crippen molar-refractivity contribution in [1.29, 1.82) is 0 Å². The molecule has 0 radical (unpaired) electrons. The van der Waals surface area contributed by atoms with Crippen molar-refractivity contribution in [2.45, 2.75) is 26.8 Å². The van der Waals surface area contributed by atoms with E-state index in [0.717, 1.165) is 32.7 Å². The Labute approximate surface area is 118 Å². The van der Waals surface area contributed by atoms with Crippen molar-refractivity contribution in [2.75, 3.05) is 39.3 Å². The SMILES string of the molecule is CCOC(=O)CCN1CCN(Cc2nc(C)no2)CC1. The van der Waals surface area contributed by atoms with E-state index in [2.05, 4.69) is 19.9 Å². The van der Waals surface area contributed by atoms with Gasteiger partial charge in [-0.15, -0.1) is 0 Å². The molecule has 2 heterocycles. The summed E-state index contributed by atoms with van der Waals surface area (Å²) in [5.74, 6) is 1.23. The Morgan fingerprint density at radius 3 is 2.60 bits per heavy atom. The predicted molar refractivity (Wildman–Crippen MR) is 72.0 cm³/mol. The third kappa shape index (κ3) is 4.57. The summed E-state index contributed by atoms with van der Waals surface area (Å²) in [5, 5.41) is 3.79. The van der Waals surface area contributed by atoms with Gasteiger partial charge in [-0.05, 0) is 13.8 Å². The van der Waals surface area contributed by atoms with E-state index >= 15 is 0 Å². The van der Waals surface area contributed by atoms with E-state index < -0.39 is 0 Å². The summed E-state index contributed by atoms with van der Waals surface area (Å²) < 4.78 is 10.1. The summed E-state index contributed by atoms with van der Waals surface area (Å²) in [7, 11) is 0. The van der Waals surface area contributed by atoms with Crippen molar-refractivity contribution < 1.29 is 14.1 Å². The number of aryl methyl sites for hydroxylation is 1. The first kappa shape index (κ1) is 14.9. The lowest BCUT2D eigenvalue weighted by Crippen LogP contribution is -2.46. The number of piperazine rings is 1. The molecule has 7 nitrogen and oxygen atoms in total. The number of ether oxygens (including phenoxy) is 1. The number of rotatable bonds is 6. The van der Waals surface area contributed by atoms with Crippen LogP contribution in [-0.4, -0.2) is 65.2 Å². The van der Waals surface area contributed by atoms with Crippen LogP contribution in [-0.2, 0) is 16.1 Å². The molecule has 0 saturated carbocycles. The van der Waals surface area contributed by atoms with Crippen LogP contribution in [0.4, 0.5) is 0 Å². The van der Waals surface area contributed by atoms with Crippen LogP contribution in [0.15, 0.2) is 4.52 Å². The maximum Gasteiger partial charge on any atom is 0.307 e. The second kappa shape index (κ2) is 7.35. The van der Waals surface area contributed by atoms with Gasteiger partial charge >= 0.3 is 5.97 Å². The van der Waals surface area contributed by atoms with Gasteiger partial charge in [0.25, 0.3) is 0 Å². The fourth-order valence-corrected chi connectivity index (χ4v) is 2.25. The molecule has 0 amide bonds. The van der Waals surface area contributed by atoms with Gasteiger partial charge in [0.2, 0.25) is 5.89 Å². The zero-order chi connectivity index (χ0) is 14.4. The van der Waals surface area contributed by atoms with Gasteiger partial charge < -0.3 is 14.2 Å². The van der Waals surface area contributed by atoms with Crippen molar-refractivity contribution in [3.8, 4) is 0 Å². The van der Waals surface area contributed by atoms with Gasteiger partial charge in [0.1, 0.15) is 0 Å². The van der Waals surface area contributed by atoms with E-state index in [9.17, 15) is 4.79 Å². The average molecular weight is 282 g/mol. The summed E-state index contributed by atoms with van der Waals surface area (Å²) in [6, 6.07) is 0. The number of carbonyl (C=O) groups excluding carboxylic acids is 1. The zero-order valence-corrected chi connectivity index (χ0v) is 12.2. The molecule has 7 heteroatoms. The Kier molecular flexibility index (Phi) is 5.49. The third-order valence-corrected chi connectivity index (χ3v) is 3.33. The van der Waals surface area contributed by atoms with E-state index in [1.54, 1.807) is 0 Å². The number of hydrogen-bond donors (Lipinski definition) is 0. The molecule has 1 aromatic rings. The first-order valence-electron chi connectivity index (χ1n) is 7.07. The Hall–Kier alpha value is -1.47. The van der Waals surface area contributed by atoms with Gasteiger partial charge in [-0.1, -0.05) is 5.16 Å². The lowest BCUT2D eigenvalue weighted by Gasteiger charge is -2.33. The Morgan fingerprint density at radius 1 is 1.30 bits per heavy atom. The van der Waals surface area contributed by atoms with Gasteiger partial charge in [-0.25, -0.2) is 0 Å². The minimum atomic E-state index is -0.115. The second-order valence-corrected chi connectivity index (χ2v) is 4.91. The smallest absolute Gasteiger partial charge is 0.307 e. The summed E-state index contributed by atoms with van der Waals surface area (Å²) >= 11 is 0. The summed E-state index contributed by atoms with van der Waals surface area (Å²) in [6.45, 7) is 9.37. The molecule has 0 N–H and O–H groups in total. The van der Waals surface area contributed by atoms with Gasteiger partial charge in [0, 0.05) is 32.7 Å². The van der Waals surface area contributed by atoms with Crippen molar-refractivity contribution in [1.82, 2.24) is 19.9 Å². The monoisotopic (exact) mass is 282 g/mol. The second-order valence-electron chi connectivity index (χ2n) is 4.91. The standard InChI is InChI=1S/C13H22N4O3/c1-3-19-13(18)4-5-16-6-8-17(9-7-16)10-12-14-11(2)15-20-12/h3-10H2,1-2H3. The fraction of sp³-hybridized carbons (Fsp3) is 0.769. The fourth-order valence-electron chi connectivity index (χ4n) is 2.25. The normalized spacial score (nSPS) is 17.3. The lowest BCUT2D eigenvalue weighted by molar-refractivity contribution is -0.143. The summed E-state index contributed by atoms with van der Waals surface area (Å²) in [5.41, 5.74) is 0. The number of aromatic nitrogens is 2. The summed E-state index contributed by atoms with van der Waals surface area (Å²) in [4.78, 5) is 20.1. The molecule has 112 valence electrons. The Bertz CT molecular complexity index is 427. The molecule has 0 spiro atoms. The van der Waals surface area contributed by atoms with Crippen molar-refractivity contribution >= 4 is 5.97 Å². The van der Waals surface area contributed by atoms with Gasteiger partial charge in [-0.2, -0.15) is 4.98 Å². The van der Waals surface area contributed by atoms with E-state index in [-0.39, 0.29) is 5.97 Å². The molecule has 0 aromatic carbocycles. The predicted octanol–water partition coefficient (Wildman–Crippen LogP) is 0.449. The number of esters is 1. The molecule has 1 aromatic heterocycles. The molecule has 2 rings (SSSR count). The first-order chi connectivity index (χ1) is 9.67. The van der Waals surface area contributed by atoms with Crippen LogP contribution in [0.3, 0.4) is 0 Å². The minimum absolute atomic E-state index is 0.115. The Morgan fingerprint density at radius 2 is 2.00 bits per heavy atom. The molecule has 1 saturated heterocycles. The highest BCUT2D eigenvalue weighted by Gasteiger charge is 2.19. The van der Waals surface area contributed by atoms with Crippen LogP contribution >= 0.6 is 0 Å². The van der Waals surface area contributed by atoms with Crippen LogP contribution in [0.25, 0.3) is 0 Å². The molecule has 0 unspecified atom stereocenters. The van der Waals surface area contributed by atoms with Crippen LogP contribution in [0, 0.1) is 6.92 Å². The van der Waals surface area contributed by atoms with Crippen LogP contribution in [0.2, 0.25) is 0 Å². The molecule has 1 aliphatic heterocycles. The third-order valence-electron chi connectivity index (χ3n) is 3.33. The van der Waals surface area contributed by atoms with Crippen molar-refractivity contribution in [3.05, 3.63) is 11.7 Å². The van der Waals surface area contributed by atoms with Gasteiger partial charge in [0.15, 0.2) is 5.82 Å². The first-order valence-corrected chi connectivity index (χ1v) is 7.07. The highest BCUT2D eigenvalue weighted by atomic mass is 16.5. The number of carbonyl (C=O) groups is 1. The highest BCUT2D eigenvalue weighted by Crippen LogP contribution is 2.07. The molecule has 1 fully saturated rings.